The number of furan rings is 2. The van der Waals surface area contributed by atoms with Crippen LogP contribution in [0.4, 0.5) is 0 Å². The lowest BCUT2D eigenvalue weighted by Crippen LogP contribution is -2.30. The van der Waals surface area contributed by atoms with Crippen LogP contribution in [0.1, 0.15) is 0 Å². The summed E-state index contributed by atoms with van der Waals surface area (Å²) >= 11 is 0. The highest BCUT2D eigenvalue weighted by atomic mass is 16.3. The zero-order valence-corrected chi connectivity index (χ0v) is 13.5. The molecule has 0 N–H and O–H groups in total. The van der Waals surface area contributed by atoms with E-state index >= 15 is 0 Å². The molecule has 0 fully saturated rings. The Morgan fingerprint density at radius 2 is 1.62 bits per heavy atom. The molecule has 5 heterocycles. The Labute approximate surface area is 146 Å². The number of hydrogen-bond donors (Lipinski definition) is 0. The lowest BCUT2D eigenvalue weighted by atomic mass is 10.2. The highest BCUT2D eigenvalue weighted by Gasteiger charge is 2.16. The molecule has 6 aromatic rings. The van der Waals surface area contributed by atoms with Gasteiger partial charge in [0.2, 0.25) is 11.1 Å². The molecule has 6 nitrogen and oxygen atoms in total. The average molecular weight is 339 g/mol. The van der Waals surface area contributed by atoms with Gasteiger partial charge < -0.3 is 8.83 Å². The van der Waals surface area contributed by atoms with Gasteiger partial charge in [0.1, 0.15) is 17.3 Å². The first-order valence-corrected chi connectivity index (χ1v) is 8.18. The van der Waals surface area contributed by atoms with Gasteiger partial charge in [-0.2, -0.15) is 4.57 Å². The standard InChI is InChI=1S/C20H11N4O2/c1-2-4-15-13(3-1)20-18(25-15)10-24(11-23-20)12-7-16-19(22-8-12)14-5-6-21-9-17(14)26-16/h1-11H/q+1. The van der Waals surface area contributed by atoms with Crippen LogP contribution in [0.25, 0.3) is 49.8 Å². The van der Waals surface area contributed by atoms with Crippen molar-refractivity contribution in [3.8, 4) is 5.69 Å². The van der Waals surface area contributed by atoms with Gasteiger partial charge >= 0.3 is 0 Å². The summed E-state index contributed by atoms with van der Waals surface area (Å²) < 4.78 is 13.7. The number of rotatable bonds is 1. The second-order valence-corrected chi connectivity index (χ2v) is 6.11. The van der Waals surface area contributed by atoms with Crippen molar-refractivity contribution in [3.63, 3.8) is 0 Å². The van der Waals surface area contributed by atoms with Crippen LogP contribution < -0.4 is 4.57 Å². The summed E-state index contributed by atoms with van der Waals surface area (Å²) in [5.74, 6) is 0. The molecule has 6 heteroatoms. The van der Waals surface area contributed by atoms with Gasteiger partial charge in [-0.05, 0) is 23.2 Å². The van der Waals surface area contributed by atoms with Gasteiger partial charge in [-0.15, -0.1) is 0 Å². The predicted octanol–water partition coefficient (Wildman–Crippen LogP) is 3.95. The maximum absolute atomic E-state index is 5.91. The summed E-state index contributed by atoms with van der Waals surface area (Å²) in [6.45, 7) is 0. The number of nitrogens with zero attached hydrogens (tertiary/aromatic N) is 4. The van der Waals surface area contributed by atoms with Crippen LogP contribution in [0.5, 0.6) is 0 Å². The number of benzene rings is 1. The molecule has 0 aliphatic carbocycles. The summed E-state index contributed by atoms with van der Waals surface area (Å²) in [6, 6.07) is 11.7. The van der Waals surface area contributed by atoms with Gasteiger partial charge in [0.15, 0.2) is 16.9 Å². The summed E-state index contributed by atoms with van der Waals surface area (Å²) in [6.07, 6.45) is 8.91. The van der Waals surface area contributed by atoms with Crippen LogP contribution in [0.2, 0.25) is 0 Å². The maximum atomic E-state index is 5.91. The van der Waals surface area contributed by atoms with E-state index in [4.69, 9.17) is 8.83 Å². The summed E-state index contributed by atoms with van der Waals surface area (Å²) in [5.41, 5.74) is 5.50. The minimum atomic E-state index is 0.711. The van der Waals surface area contributed by atoms with Crippen LogP contribution >= 0.6 is 0 Å². The van der Waals surface area contributed by atoms with Gasteiger partial charge in [-0.25, -0.2) is 4.98 Å². The SMILES string of the molecule is c1ccc2c(c1)oc1c[n+](-c3cnc4c(c3)oc3cnccc34)cnc12. The van der Waals surface area contributed by atoms with E-state index in [0.717, 1.165) is 44.2 Å². The van der Waals surface area contributed by atoms with E-state index in [1.54, 1.807) is 24.9 Å². The summed E-state index contributed by atoms with van der Waals surface area (Å²) in [5, 5.41) is 1.96. The number of fused-ring (bicyclic) bond motifs is 6. The number of aromatic nitrogens is 4. The van der Waals surface area contributed by atoms with Crippen LogP contribution in [-0.2, 0) is 0 Å². The molecule has 0 radical (unpaired) electrons. The zero-order valence-electron chi connectivity index (χ0n) is 13.5. The molecule has 0 atom stereocenters. The van der Waals surface area contributed by atoms with Crippen molar-refractivity contribution in [3.05, 3.63) is 67.5 Å². The second-order valence-electron chi connectivity index (χ2n) is 6.11. The normalized spacial score (nSPS) is 11.8. The van der Waals surface area contributed by atoms with Crippen molar-refractivity contribution in [2.24, 2.45) is 0 Å². The molecule has 26 heavy (non-hydrogen) atoms. The second kappa shape index (κ2) is 4.86. The van der Waals surface area contributed by atoms with Gasteiger partial charge in [-0.3, -0.25) is 4.98 Å². The quantitative estimate of drug-likeness (QED) is 0.424. The topological polar surface area (TPSA) is 68.8 Å². The van der Waals surface area contributed by atoms with Gasteiger partial charge in [-0.1, -0.05) is 12.1 Å². The fourth-order valence-corrected chi connectivity index (χ4v) is 3.32. The van der Waals surface area contributed by atoms with Crippen LogP contribution in [0.3, 0.4) is 0 Å². The predicted molar refractivity (Wildman–Crippen MR) is 95.9 cm³/mol. The first-order chi connectivity index (χ1) is 12.9. The van der Waals surface area contributed by atoms with Crippen molar-refractivity contribution >= 4 is 44.1 Å². The van der Waals surface area contributed by atoms with Crippen LogP contribution in [-0.4, -0.2) is 15.0 Å². The fraction of sp³-hybridized carbons (Fsp3) is 0. The number of pyridine rings is 2. The van der Waals surface area contributed by atoms with Crippen molar-refractivity contribution in [1.82, 2.24) is 15.0 Å². The van der Waals surface area contributed by atoms with Gasteiger partial charge in [0.05, 0.1) is 17.8 Å². The molecule has 122 valence electrons. The Morgan fingerprint density at radius 1 is 0.769 bits per heavy atom. The Bertz CT molecular complexity index is 1340. The third-order valence-corrected chi connectivity index (χ3v) is 4.56. The van der Waals surface area contributed by atoms with E-state index in [1.807, 2.05) is 47.2 Å². The fourth-order valence-electron chi connectivity index (χ4n) is 3.32. The van der Waals surface area contributed by atoms with E-state index in [0.29, 0.717) is 5.58 Å². The third kappa shape index (κ3) is 1.81. The monoisotopic (exact) mass is 339 g/mol. The highest BCUT2D eigenvalue weighted by molar-refractivity contribution is 6.02. The lowest BCUT2D eigenvalue weighted by molar-refractivity contribution is -0.598. The van der Waals surface area contributed by atoms with Gasteiger partial charge in [0.25, 0.3) is 6.33 Å². The Balaban J connectivity index is 1.57. The van der Waals surface area contributed by atoms with Crippen molar-refractivity contribution in [2.75, 3.05) is 0 Å². The molecule has 0 bridgehead atoms. The highest BCUT2D eigenvalue weighted by Crippen LogP contribution is 2.27. The Morgan fingerprint density at radius 3 is 2.62 bits per heavy atom. The number of hydrogen-bond acceptors (Lipinski definition) is 5. The molecule has 0 aliphatic rings. The molecule has 5 aromatic heterocycles. The molecule has 0 saturated heterocycles. The van der Waals surface area contributed by atoms with Crippen LogP contribution in [0.15, 0.2) is 76.3 Å². The molecule has 0 spiro atoms. The molecule has 6 rings (SSSR count). The summed E-state index contributed by atoms with van der Waals surface area (Å²) in [4.78, 5) is 13.2. The molecule has 0 amide bonds. The zero-order chi connectivity index (χ0) is 17.1. The number of para-hydroxylation sites is 1. The van der Waals surface area contributed by atoms with E-state index in [9.17, 15) is 0 Å². The average Bonchev–Trinajstić information content (AvgIpc) is 3.24. The van der Waals surface area contributed by atoms with Crippen molar-refractivity contribution in [2.45, 2.75) is 0 Å². The largest absolute Gasteiger partial charge is 0.453 e. The molecule has 0 aliphatic heterocycles. The first kappa shape index (κ1) is 13.5. The molecule has 1 aromatic carbocycles. The maximum Gasteiger partial charge on any atom is 0.292 e. The summed E-state index contributed by atoms with van der Waals surface area (Å²) in [7, 11) is 0. The Hall–Kier alpha value is -3.80. The minimum Gasteiger partial charge on any atom is -0.453 e. The lowest BCUT2D eigenvalue weighted by Gasteiger charge is -1.97. The van der Waals surface area contributed by atoms with Crippen molar-refractivity contribution < 1.29 is 13.4 Å². The first-order valence-electron chi connectivity index (χ1n) is 8.18. The Kier molecular flexibility index (Phi) is 2.52. The smallest absolute Gasteiger partial charge is 0.292 e. The third-order valence-electron chi connectivity index (χ3n) is 4.56. The molecule has 0 saturated carbocycles. The van der Waals surface area contributed by atoms with Gasteiger partial charge in [0, 0.05) is 17.6 Å². The van der Waals surface area contributed by atoms with E-state index in [-0.39, 0.29) is 0 Å². The molecular formula is C20H11N4O2+. The van der Waals surface area contributed by atoms with E-state index in [1.165, 1.54) is 0 Å². The van der Waals surface area contributed by atoms with Crippen molar-refractivity contribution in [1.29, 1.82) is 0 Å². The molecular weight excluding hydrogens is 328 g/mol. The van der Waals surface area contributed by atoms with E-state index in [2.05, 4.69) is 15.0 Å². The molecule has 0 unspecified atom stereocenters. The van der Waals surface area contributed by atoms with E-state index < -0.39 is 0 Å². The minimum absolute atomic E-state index is 0.711. The van der Waals surface area contributed by atoms with Crippen LogP contribution in [0, 0.1) is 0 Å².